The van der Waals surface area contributed by atoms with Crippen molar-refractivity contribution in [2.24, 2.45) is 11.7 Å². The zero-order valence-corrected chi connectivity index (χ0v) is 19.4. The maximum Gasteiger partial charge on any atom is 0.387 e. The van der Waals surface area contributed by atoms with Crippen LogP contribution >= 0.6 is 11.6 Å². The summed E-state index contributed by atoms with van der Waals surface area (Å²) in [5.41, 5.74) is 6.51. The van der Waals surface area contributed by atoms with Gasteiger partial charge in [-0.05, 0) is 56.0 Å². The molecule has 0 aliphatic heterocycles. The molecule has 3 N–H and O–H groups in total. The second-order valence-corrected chi connectivity index (χ2v) is 8.67. The summed E-state index contributed by atoms with van der Waals surface area (Å²) in [7, 11) is 0. The van der Waals surface area contributed by atoms with Crippen molar-refractivity contribution in [1.82, 2.24) is 10.3 Å². The molecule has 1 fully saturated rings. The number of rotatable bonds is 10. The number of alkyl halides is 2. The normalized spacial score (nSPS) is 14.1. The standard InChI is InChI=1S/C24H23ClF3N3O4/c1-12(29)21-20(22(32)30-10-15-4-6-16(25)9-17(15)26)31-23(35-21)14-5-7-18(34-24(27)28)19(8-14)33-11-13-2-3-13/h4-9,12-13,24H,2-3,10-11,29H2,1H3,(H,30,32). The summed E-state index contributed by atoms with van der Waals surface area (Å²) in [4.78, 5) is 17.1. The molecule has 1 saturated carbocycles. The van der Waals surface area contributed by atoms with Gasteiger partial charge in [0.05, 0.1) is 12.6 Å². The molecule has 1 unspecified atom stereocenters. The Labute approximate surface area is 204 Å². The van der Waals surface area contributed by atoms with Crippen LogP contribution < -0.4 is 20.5 Å². The summed E-state index contributed by atoms with van der Waals surface area (Å²) in [5, 5.41) is 2.83. The molecule has 1 aromatic heterocycles. The molecular weight excluding hydrogens is 487 g/mol. The van der Waals surface area contributed by atoms with Crippen LogP contribution in [0.5, 0.6) is 11.5 Å². The number of nitrogens with one attached hydrogen (secondary N) is 1. The van der Waals surface area contributed by atoms with Crippen LogP contribution in [-0.4, -0.2) is 24.1 Å². The highest BCUT2D eigenvalue weighted by molar-refractivity contribution is 6.30. The first-order valence-corrected chi connectivity index (χ1v) is 11.3. The lowest BCUT2D eigenvalue weighted by atomic mass is 10.2. The molecule has 1 atom stereocenters. The molecule has 1 amide bonds. The number of oxazole rings is 1. The number of nitrogens with zero attached hydrogens (tertiary/aromatic N) is 1. The van der Waals surface area contributed by atoms with E-state index in [0.29, 0.717) is 18.1 Å². The van der Waals surface area contributed by atoms with Gasteiger partial charge in [-0.3, -0.25) is 4.79 Å². The third-order valence-corrected chi connectivity index (χ3v) is 5.55. The van der Waals surface area contributed by atoms with Crippen molar-refractivity contribution < 1.29 is 31.9 Å². The number of hydrogen-bond donors (Lipinski definition) is 2. The summed E-state index contributed by atoms with van der Waals surface area (Å²) in [6.07, 6.45) is 2.03. The van der Waals surface area contributed by atoms with Gasteiger partial charge < -0.3 is 24.9 Å². The molecule has 4 rings (SSSR count). The fourth-order valence-electron chi connectivity index (χ4n) is 3.29. The summed E-state index contributed by atoms with van der Waals surface area (Å²) in [6, 6.07) is 7.68. The number of aromatic nitrogens is 1. The van der Waals surface area contributed by atoms with Gasteiger partial charge in [-0.25, -0.2) is 9.37 Å². The van der Waals surface area contributed by atoms with Gasteiger partial charge in [0.1, 0.15) is 5.82 Å². The number of nitrogens with two attached hydrogens (primary N) is 1. The first-order valence-electron chi connectivity index (χ1n) is 10.9. The predicted molar refractivity (Wildman–Crippen MR) is 122 cm³/mol. The van der Waals surface area contributed by atoms with E-state index in [-0.39, 0.29) is 46.0 Å². The minimum Gasteiger partial charge on any atom is -0.489 e. The van der Waals surface area contributed by atoms with E-state index in [1.165, 1.54) is 30.3 Å². The van der Waals surface area contributed by atoms with Gasteiger partial charge in [-0.1, -0.05) is 17.7 Å². The molecule has 1 aliphatic carbocycles. The molecule has 1 aliphatic rings. The number of hydrogen-bond acceptors (Lipinski definition) is 6. The number of ether oxygens (including phenoxy) is 2. The molecule has 0 bridgehead atoms. The first kappa shape index (κ1) is 24.9. The van der Waals surface area contributed by atoms with Gasteiger partial charge in [0.25, 0.3) is 5.91 Å². The van der Waals surface area contributed by atoms with Gasteiger partial charge in [0.2, 0.25) is 5.89 Å². The molecule has 0 saturated heterocycles. The van der Waals surface area contributed by atoms with Gasteiger partial charge in [0, 0.05) is 22.7 Å². The van der Waals surface area contributed by atoms with Gasteiger partial charge in [0.15, 0.2) is 23.0 Å². The van der Waals surface area contributed by atoms with Crippen molar-refractivity contribution in [2.45, 2.75) is 39.0 Å². The maximum atomic E-state index is 14.0. The number of carbonyl (C=O) groups excluding carboxylic acids is 1. The molecule has 35 heavy (non-hydrogen) atoms. The highest BCUT2D eigenvalue weighted by Crippen LogP contribution is 2.37. The van der Waals surface area contributed by atoms with E-state index in [2.05, 4.69) is 15.0 Å². The molecule has 1 heterocycles. The van der Waals surface area contributed by atoms with Crippen molar-refractivity contribution >= 4 is 17.5 Å². The number of amides is 1. The Hall–Kier alpha value is -3.24. The highest BCUT2D eigenvalue weighted by atomic mass is 35.5. The molecule has 2 aromatic carbocycles. The summed E-state index contributed by atoms with van der Waals surface area (Å²) < 4.78 is 55.7. The smallest absolute Gasteiger partial charge is 0.387 e. The Kier molecular flexibility index (Phi) is 7.51. The van der Waals surface area contributed by atoms with Gasteiger partial charge in [-0.2, -0.15) is 8.78 Å². The quantitative estimate of drug-likeness (QED) is 0.376. The summed E-state index contributed by atoms with van der Waals surface area (Å²) in [5.74, 6) is -0.654. The van der Waals surface area contributed by atoms with Crippen molar-refractivity contribution in [3.8, 4) is 23.0 Å². The lowest BCUT2D eigenvalue weighted by Crippen LogP contribution is -2.25. The Bertz CT molecular complexity index is 1210. The van der Waals surface area contributed by atoms with Crippen molar-refractivity contribution in [3.05, 3.63) is 64.3 Å². The Morgan fingerprint density at radius 3 is 2.69 bits per heavy atom. The van der Waals surface area contributed by atoms with Crippen LogP contribution in [0.3, 0.4) is 0 Å². The van der Waals surface area contributed by atoms with E-state index < -0.39 is 24.4 Å². The SMILES string of the molecule is CC(N)c1oc(-c2ccc(OC(F)F)c(OCC3CC3)c2)nc1C(=O)NCc1ccc(Cl)cc1F. The zero-order chi connectivity index (χ0) is 25.1. The predicted octanol–water partition coefficient (Wildman–Crippen LogP) is 5.47. The maximum absolute atomic E-state index is 14.0. The molecule has 7 nitrogen and oxygen atoms in total. The number of carbonyl (C=O) groups is 1. The molecule has 0 spiro atoms. The van der Waals surface area contributed by atoms with Crippen LogP contribution in [0.15, 0.2) is 40.8 Å². The fourth-order valence-corrected chi connectivity index (χ4v) is 3.45. The van der Waals surface area contributed by atoms with E-state index in [1.807, 2.05) is 0 Å². The van der Waals surface area contributed by atoms with E-state index in [4.69, 9.17) is 26.5 Å². The van der Waals surface area contributed by atoms with Crippen LogP contribution in [0.2, 0.25) is 5.02 Å². The molecule has 186 valence electrons. The van der Waals surface area contributed by atoms with Crippen LogP contribution in [0.25, 0.3) is 11.5 Å². The summed E-state index contributed by atoms with van der Waals surface area (Å²) >= 11 is 5.76. The number of halogens is 4. The van der Waals surface area contributed by atoms with Crippen LogP contribution in [0, 0.1) is 11.7 Å². The monoisotopic (exact) mass is 509 g/mol. The third kappa shape index (κ3) is 6.26. The Balaban J connectivity index is 1.58. The lowest BCUT2D eigenvalue weighted by molar-refractivity contribution is -0.0515. The largest absolute Gasteiger partial charge is 0.489 e. The topological polar surface area (TPSA) is 99.6 Å². The third-order valence-electron chi connectivity index (χ3n) is 5.31. The highest BCUT2D eigenvalue weighted by Gasteiger charge is 2.26. The average Bonchev–Trinajstić information content (AvgIpc) is 3.52. The Morgan fingerprint density at radius 1 is 1.26 bits per heavy atom. The van der Waals surface area contributed by atoms with E-state index >= 15 is 0 Å². The lowest BCUT2D eigenvalue weighted by Gasteiger charge is -2.12. The van der Waals surface area contributed by atoms with Crippen LogP contribution in [-0.2, 0) is 6.54 Å². The molecular formula is C24H23ClF3N3O4. The van der Waals surface area contributed by atoms with Crippen molar-refractivity contribution in [2.75, 3.05) is 6.61 Å². The minimum atomic E-state index is -3.02. The summed E-state index contributed by atoms with van der Waals surface area (Å²) in [6.45, 7) is -1.14. The van der Waals surface area contributed by atoms with E-state index in [0.717, 1.165) is 18.9 Å². The van der Waals surface area contributed by atoms with E-state index in [9.17, 15) is 18.0 Å². The average molecular weight is 510 g/mol. The van der Waals surface area contributed by atoms with Crippen LogP contribution in [0.1, 0.15) is 47.6 Å². The van der Waals surface area contributed by atoms with Gasteiger partial charge in [-0.15, -0.1) is 0 Å². The zero-order valence-electron chi connectivity index (χ0n) is 18.7. The fraction of sp³-hybridized carbons (Fsp3) is 0.333. The number of benzene rings is 2. The van der Waals surface area contributed by atoms with Crippen molar-refractivity contribution in [3.63, 3.8) is 0 Å². The van der Waals surface area contributed by atoms with Gasteiger partial charge >= 0.3 is 6.61 Å². The molecule has 3 aromatic rings. The second kappa shape index (κ2) is 10.6. The molecule has 11 heteroatoms. The second-order valence-electron chi connectivity index (χ2n) is 8.23. The Morgan fingerprint density at radius 2 is 2.03 bits per heavy atom. The first-order chi connectivity index (χ1) is 16.7. The van der Waals surface area contributed by atoms with Crippen molar-refractivity contribution in [1.29, 1.82) is 0 Å². The van der Waals surface area contributed by atoms with Crippen LogP contribution in [0.4, 0.5) is 13.2 Å². The van der Waals surface area contributed by atoms with E-state index in [1.54, 1.807) is 6.92 Å². The molecule has 0 radical (unpaired) electrons. The minimum absolute atomic E-state index is 0.0417.